The number of carbonyl (C=O) groups excluding carboxylic acids is 1. The van der Waals surface area contributed by atoms with E-state index in [4.69, 9.17) is 10.5 Å². The average Bonchev–Trinajstić information content (AvgIpc) is 2.33. The number of hydrogen-bond donors (Lipinski definition) is 2. The SMILES string of the molecule is Nc1cc(C(=O)NC2CCOCC2)c(Br)cn1. The topological polar surface area (TPSA) is 77.2 Å². The van der Waals surface area contributed by atoms with Gasteiger partial charge in [-0.2, -0.15) is 0 Å². The Labute approximate surface area is 108 Å². The van der Waals surface area contributed by atoms with Gasteiger partial charge in [0.15, 0.2) is 0 Å². The van der Waals surface area contributed by atoms with Gasteiger partial charge in [0, 0.05) is 29.9 Å². The number of nitrogens with zero attached hydrogens (tertiary/aromatic N) is 1. The van der Waals surface area contributed by atoms with Gasteiger partial charge in [0.25, 0.3) is 5.91 Å². The number of nitrogens with two attached hydrogens (primary N) is 1. The quantitative estimate of drug-likeness (QED) is 0.864. The van der Waals surface area contributed by atoms with E-state index in [1.54, 1.807) is 6.07 Å². The Morgan fingerprint density at radius 3 is 2.94 bits per heavy atom. The second kappa shape index (κ2) is 5.46. The molecule has 17 heavy (non-hydrogen) atoms. The van der Waals surface area contributed by atoms with Gasteiger partial charge >= 0.3 is 0 Å². The van der Waals surface area contributed by atoms with Crippen molar-refractivity contribution in [1.82, 2.24) is 10.3 Å². The third-order valence-electron chi connectivity index (χ3n) is 2.68. The van der Waals surface area contributed by atoms with E-state index in [1.165, 1.54) is 6.20 Å². The van der Waals surface area contributed by atoms with Crippen molar-refractivity contribution in [2.75, 3.05) is 18.9 Å². The van der Waals surface area contributed by atoms with Crippen molar-refractivity contribution in [3.8, 4) is 0 Å². The summed E-state index contributed by atoms with van der Waals surface area (Å²) in [5, 5.41) is 2.97. The number of anilines is 1. The third kappa shape index (κ3) is 3.17. The molecule has 0 aromatic carbocycles. The largest absolute Gasteiger partial charge is 0.384 e. The van der Waals surface area contributed by atoms with Crippen molar-refractivity contribution >= 4 is 27.7 Å². The summed E-state index contributed by atoms with van der Waals surface area (Å²) in [4.78, 5) is 15.9. The summed E-state index contributed by atoms with van der Waals surface area (Å²) in [6, 6.07) is 1.75. The first-order valence-electron chi connectivity index (χ1n) is 5.46. The molecular formula is C11H14BrN3O2. The Morgan fingerprint density at radius 1 is 1.53 bits per heavy atom. The summed E-state index contributed by atoms with van der Waals surface area (Å²) >= 11 is 3.29. The van der Waals surface area contributed by atoms with Gasteiger partial charge in [-0.15, -0.1) is 0 Å². The van der Waals surface area contributed by atoms with Gasteiger partial charge in [-0.05, 0) is 34.8 Å². The number of halogens is 1. The lowest BCUT2D eigenvalue weighted by Gasteiger charge is -2.23. The van der Waals surface area contributed by atoms with Crippen molar-refractivity contribution in [1.29, 1.82) is 0 Å². The van der Waals surface area contributed by atoms with E-state index in [0.717, 1.165) is 12.8 Å². The molecule has 1 aromatic heterocycles. The monoisotopic (exact) mass is 299 g/mol. The van der Waals surface area contributed by atoms with E-state index in [1.807, 2.05) is 0 Å². The number of pyridine rings is 1. The fourth-order valence-corrected chi connectivity index (χ4v) is 2.13. The molecule has 5 nitrogen and oxygen atoms in total. The lowest BCUT2D eigenvalue weighted by Crippen LogP contribution is -2.39. The van der Waals surface area contributed by atoms with E-state index in [9.17, 15) is 4.79 Å². The fraction of sp³-hybridized carbons (Fsp3) is 0.455. The highest BCUT2D eigenvalue weighted by atomic mass is 79.9. The molecule has 92 valence electrons. The molecule has 1 aliphatic heterocycles. The molecule has 1 aromatic rings. The molecule has 2 rings (SSSR count). The summed E-state index contributed by atoms with van der Waals surface area (Å²) < 4.78 is 5.89. The van der Waals surface area contributed by atoms with Crippen molar-refractivity contribution in [2.45, 2.75) is 18.9 Å². The molecule has 0 bridgehead atoms. The maximum atomic E-state index is 12.0. The Morgan fingerprint density at radius 2 is 2.24 bits per heavy atom. The van der Waals surface area contributed by atoms with Crippen LogP contribution in [0.25, 0.3) is 0 Å². The zero-order valence-electron chi connectivity index (χ0n) is 9.28. The predicted molar refractivity (Wildman–Crippen MR) is 67.7 cm³/mol. The Kier molecular flexibility index (Phi) is 3.96. The number of nitrogen functional groups attached to an aromatic ring is 1. The number of nitrogens with one attached hydrogen (secondary N) is 1. The maximum absolute atomic E-state index is 12.0. The molecule has 0 atom stereocenters. The Bertz CT molecular complexity index is 419. The minimum atomic E-state index is -0.127. The van der Waals surface area contributed by atoms with Crippen LogP contribution in [0.15, 0.2) is 16.7 Å². The number of ether oxygens (including phenoxy) is 1. The molecule has 2 heterocycles. The van der Waals surface area contributed by atoms with Crippen LogP contribution in [0, 0.1) is 0 Å². The molecule has 0 unspecified atom stereocenters. The molecule has 6 heteroatoms. The van der Waals surface area contributed by atoms with Gasteiger partial charge in [-0.1, -0.05) is 0 Å². The van der Waals surface area contributed by atoms with Crippen molar-refractivity contribution in [3.63, 3.8) is 0 Å². The lowest BCUT2D eigenvalue weighted by molar-refractivity contribution is 0.0696. The normalized spacial score (nSPS) is 16.8. The Balaban J connectivity index is 2.05. The summed E-state index contributed by atoms with van der Waals surface area (Å²) in [6.07, 6.45) is 3.24. The van der Waals surface area contributed by atoms with Crippen LogP contribution in [0.1, 0.15) is 23.2 Å². The molecule has 0 aliphatic carbocycles. The van der Waals surface area contributed by atoms with Gasteiger partial charge < -0.3 is 15.8 Å². The van der Waals surface area contributed by atoms with Crippen LogP contribution in [0.3, 0.4) is 0 Å². The molecule has 1 aliphatic rings. The van der Waals surface area contributed by atoms with Crippen LogP contribution in [0.2, 0.25) is 0 Å². The second-order valence-corrected chi connectivity index (χ2v) is 4.80. The van der Waals surface area contributed by atoms with Crippen molar-refractivity contribution in [3.05, 3.63) is 22.3 Å². The minimum Gasteiger partial charge on any atom is -0.384 e. The minimum absolute atomic E-state index is 0.127. The van der Waals surface area contributed by atoms with E-state index in [0.29, 0.717) is 29.1 Å². The fourth-order valence-electron chi connectivity index (χ4n) is 1.73. The highest BCUT2D eigenvalue weighted by Gasteiger charge is 2.18. The Hall–Kier alpha value is -1.14. The average molecular weight is 300 g/mol. The van der Waals surface area contributed by atoms with E-state index in [2.05, 4.69) is 26.2 Å². The van der Waals surface area contributed by atoms with Gasteiger partial charge in [-0.25, -0.2) is 4.98 Å². The van der Waals surface area contributed by atoms with Gasteiger partial charge in [0.2, 0.25) is 0 Å². The molecular weight excluding hydrogens is 286 g/mol. The number of hydrogen-bond acceptors (Lipinski definition) is 4. The van der Waals surface area contributed by atoms with Gasteiger partial charge in [0.05, 0.1) is 5.56 Å². The van der Waals surface area contributed by atoms with Crippen LogP contribution in [-0.2, 0) is 4.74 Å². The van der Waals surface area contributed by atoms with Crippen molar-refractivity contribution < 1.29 is 9.53 Å². The first kappa shape index (κ1) is 12.3. The predicted octanol–water partition coefficient (Wildman–Crippen LogP) is 1.34. The summed E-state index contributed by atoms with van der Waals surface area (Å²) in [7, 11) is 0. The maximum Gasteiger partial charge on any atom is 0.252 e. The standard InChI is InChI=1S/C11H14BrN3O2/c12-9-6-14-10(13)5-8(9)11(16)15-7-1-3-17-4-2-7/h5-7H,1-4H2,(H2,13,14)(H,15,16). The number of rotatable bonds is 2. The van der Waals surface area contributed by atoms with E-state index < -0.39 is 0 Å². The third-order valence-corrected chi connectivity index (χ3v) is 3.31. The molecule has 0 radical (unpaired) electrons. The molecule has 3 N–H and O–H groups in total. The summed E-state index contributed by atoms with van der Waals surface area (Å²) in [5.41, 5.74) is 6.08. The summed E-state index contributed by atoms with van der Waals surface area (Å²) in [6.45, 7) is 1.40. The number of carbonyl (C=O) groups is 1. The lowest BCUT2D eigenvalue weighted by atomic mass is 10.1. The number of aromatic nitrogens is 1. The van der Waals surface area contributed by atoms with Crippen molar-refractivity contribution in [2.24, 2.45) is 0 Å². The van der Waals surface area contributed by atoms with Gasteiger partial charge in [-0.3, -0.25) is 4.79 Å². The van der Waals surface area contributed by atoms with Crippen LogP contribution >= 0.6 is 15.9 Å². The molecule has 0 spiro atoms. The molecule has 1 amide bonds. The van der Waals surface area contributed by atoms with Crippen LogP contribution < -0.4 is 11.1 Å². The summed E-state index contributed by atoms with van der Waals surface area (Å²) in [5.74, 6) is 0.211. The first-order chi connectivity index (χ1) is 8.16. The highest BCUT2D eigenvalue weighted by Crippen LogP contribution is 2.18. The number of amides is 1. The smallest absolute Gasteiger partial charge is 0.252 e. The zero-order valence-corrected chi connectivity index (χ0v) is 10.9. The zero-order chi connectivity index (χ0) is 12.3. The highest BCUT2D eigenvalue weighted by molar-refractivity contribution is 9.10. The first-order valence-corrected chi connectivity index (χ1v) is 6.26. The van der Waals surface area contributed by atoms with E-state index in [-0.39, 0.29) is 11.9 Å². The molecule has 1 saturated heterocycles. The van der Waals surface area contributed by atoms with Crippen LogP contribution in [0.5, 0.6) is 0 Å². The molecule has 1 fully saturated rings. The van der Waals surface area contributed by atoms with Crippen LogP contribution in [-0.4, -0.2) is 30.1 Å². The van der Waals surface area contributed by atoms with E-state index >= 15 is 0 Å². The molecule has 0 saturated carbocycles. The van der Waals surface area contributed by atoms with Crippen LogP contribution in [0.4, 0.5) is 5.82 Å². The van der Waals surface area contributed by atoms with Gasteiger partial charge in [0.1, 0.15) is 5.82 Å². The second-order valence-electron chi connectivity index (χ2n) is 3.95.